The number of hydrogen-bond donors (Lipinski definition) is 0. The summed E-state index contributed by atoms with van der Waals surface area (Å²) in [4.78, 5) is 4.64. The van der Waals surface area contributed by atoms with E-state index in [0.29, 0.717) is 5.02 Å². The monoisotopic (exact) mass is 726 g/mol. The van der Waals surface area contributed by atoms with E-state index >= 15 is 0 Å². The highest BCUT2D eigenvalue weighted by Crippen LogP contribution is 2.44. The lowest BCUT2D eigenvalue weighted by Gasteiger charge is -2.26. The number of aromatic nitrogens is 2. The van der Waals surface area contributed by atoms with Gasteiger partial charge in [0.15, 0.2) is 0 Å². The SMILES string of the molecule is Clc1c(-n2ccc3c(N(c4ccccc4)c4ccccc4)cccc32)cc2ccccc2c1-n1ccc2c(N(c3ccccc3)c3ccccc3)cccc21. The fourth-order valence-corrected chi connectivity index (χ4v) is 8.30. The predicted octanol–water partition coefficient (Wildman–Crippen LogP) is 14.3. The standard InChI is InChI=1S/C50H35ClN4/c51-49-48(52-33-31-42-44(52)27-15-29-46(42)54(37-18-5-1-6-19-37)38-20-7-2-8-21-38)35-36-17-13-14-26-41(36)50(49)53-34-32-43-45(53)28-16-30-47(43)55(39-22-9-3-10-23-39)40-24-11-4-12-25-40/h1-35H. The van der Waals surface area contributed by atoms with Crippen molar-refractivity contribution < 1.29 is 0 Å². The minimum atomic E-state index is 0.676. The maximum atomic E-state index is 7.70. The van der Waals surface area contributed by atoms with Crippen molar-refractivity contribution in [2.75, 3.05) is 9.80 Å². The largest absolute Gasteiger partial charge is 0.315 e. The normalized spacial score (nSPS) is 11.4. The summed E-state index contributed by atoms with van der Waals surface area (Å²) in [6.45, 7) is 0. The zero-order chi connectivity index (χ0) is 36.7. The Balaban J connectivity index is 1.16. The van der Waals surface area contributed by atoms with Crippen molar-refractivity contribution in [1.29, 1.82) is 0 Å². The van der Waals surface area contributed by atoms with Crippen LogP contribution in [0.4, 0.5) is 34.1 Å². The summed E-state index contributed by atoms with van der Waals surface area (Å²) in [6, 6.07) is 70.3. The first-order valence-electron chi connectivity index (χ1n) is 18.5. The number of rotatable bonds is 8. The Labute approximate surface area is 324 Å². The number of para-hydroxylation sites is 4. The molecule has 8 aromatic carbocycles. The molecule has 0 aliphatic rings. The molecule has 0 bridgehead atoms. The van der Waals surface area contributed by atoms with Gasteiger partial charge in [-0.1, -0.05) is 121 Å². The Morgan fingerprint density at radius 2 is 0.782 bits per heavy atom. The van der Waals surface area contributed by atoms with Gasteiger partial charge >= 0.3 is 0 Å². The highest BCUT2D eigenvalue weighted by atomic mass is 35.5. The Hall–Kier alpha value is -7.01. The van der Waals surface area contributed by atoms with Crippen molar-refractivity contribution in [1.82, 2.24) is 9.13 Å². The fraction of sp³-hybridized carbons (Fsp3) is 0. The molecule has 0 aliphatic carbocycles. The number of benzene rings is 8. The molecule has 2 heterocycles. The van der Waals surface area contributed by atoms with E-state index in [-0.39, 0.29) is 0 Å². The molecule has 0 radical (unpaired) electrons. The number of halogens is 1. The topological polar surface area (TPSA) is 16.3 Å². The second-order valence-corrected chi connectivity index (χ2v) is 14.0. The van der Waals surface area contributed by atoms with E-state index < -0.39 is 0 Å². The van der Waals surface area contributed by atoms with E-state index in [1.165, 1.54) is 0 Å². The maximum absolute atomic E-state index is 7.70. The third-order valence-electron chi connectivity index (χ3n) is 10.4. The van der Waals surface area contributed by atoms with Gasteiger partial charge in [-0.25, -0.2) is 0 Å². The van der Waals surface area contributed by atoms with Gasteiger partial charge in [0.2, 0.25) is 0 Å². The smallest absolute Gasteiger partial charge is 0.0893 e. The number of nitrogens with zero attached hydrogens (tertiary/aromatic N) is 4. The first-order valence-corrected chi connectivity index (χ1v) is 18.8. The van der Waals surface area contributed by atoms with E-state index in [9.17, 15) is 0 Å². The van der Waals surface area contributed by atoms with Crippen molar-refractivity contribution >= 4 is 78.3 Å². The van der Waals surface area contributed by atoms with Gasteiger partial charge in [-0.15, -0.1) is 0 Å². The van der Waals surface area contributed by atoms with E-state index in [2.05, 4.69) is 232 Å². The first kappa shape index (κ1) is 32.6. The summed E-state index contributed by atoms with van der Waals surface area (Å²) in [5, 5.41) is 5.12. The molecule has 4 nitrogen and oxygen atoms in total. The fourth-order valence-electron chi connectivity index (χ4n) is 7.96. The summed E-state index contributed by atoms with van der Waals surface area (Å²) in [6.07, 6.45) is 4.30. The van der Waals surface area contributed by atoms with Crippen LogP contribution >= 0.6 is 11.6 Å². The van der Waals surface area contributed by atoms with E-state index in [4.69, 9.17) is 11.6 Å². The van der Waals surface area contributed by atoms with Gasteiger partial charge in [0.1, 0.15) is 0 Å². The van der Waals surface area contributed by atoms with Crippen LogP contribution in [0, 0.1) is 0 Å². The predicted molar refractivity (Wildman–Crippen MR) is 232 cm³/mol. The van der Waals surface area contributed by atoms with Gasteiger partial charge in [-0.3, -0.25) is 0 Å². The number of hydrogen-bond acceptors (Lipinski definition) is 2. The molecule has 0 unspecified atom stereocenters. The zero-order valence-corrected chi connectivity index (χ0v) is 30.6. The van der Waals surface area contributed by atoms with Crippen LogP contribution in [-0.4, -0.2) is 9.13 Å². The molecule has 0 aliphatic heterocycles. The molecule has 2 aromatic heterocycles. The van der Waals surface area contributed by atoms with Crippen LogP contribution in [0.2, 0.25) is 5.02 Å². The number of anilines is 6. The summed E-state index contributed by atoms with van der Waals surface area (Å²) >= 11 is 7.70. The third kappa shape index (κ3) is 5.63. The minimum Gasteiger partial charge on any atom is -0.315 e. The zero-order valence-electron chi connectivity index (χ0n) is 29.9. The van der Waals surface area contributed by atoms with Crippen LogP contribution in [0.25, 0.3) is 44.0 Å². The quantitative estimate of drug-likeness (QED) is 0.155. The summed E-state index contributed by atoms with van der Waals surface area (Å²) in [5.74, 6) is 0. The van der Waals surface area contributed by atoms with Crippen LogP contribution in [0.15, 0.2) is 213 Å². The molecular formula is C50H35ClN4. The molecule has 10 aromatic rings. The van der Waals surface area contributed by atoms with Gasteiger partial charge in [-0.05, 0) is 96.4 Å². The van der Waals surface area contributed by atoms with Gasteiger partial charge in [0.25, 0.3) is 0 Å². The molecule has 0 N–H and O–H groups in total. The second kappa shape index (κ2) is 13.8. The Morgan fingerprint density at radius 3 is 1.27 bits per heavy atom. The van der Waals surface area contributed by atoms with Crippen LogP contribution in [0.5, 0.6) is 0 Å². The summed E-state index contributed by atoms with van der Waals surface area (Å²) in [7, 11) is 0. The van der Waals surface area contributed by atoms with Crippen LogP contribution < -0.4 is 9.80 Å². The van der Waals surface area contributed by atoms with E-state index in [1.807, 2.05) is 0 Å². The highest BCUT2D eigenvalue weighted by Gasteiger charge is 2.22. The van der Waals surface area contributed by atoms with E-state index in [1.54, 1.807) is 0 Å². The average Bonchev–Trinajstić information content (AvgIpc) is 3.88. The Kier molecular flexibility index (Phi) is 8.16. The summed E-state index contributed by atoms with van der Waals surface area (Å²) < 4.78 is 4.49. The number of fused-ring (bicyclic) bond motifs is 3. The van der Waals surface area contributed by atoms with Gasteiger partial charge in [0.05, 0.1) is 38.8 Å². The molecule has 0 atom stereocenters. The van der Waals surface area contributed by atoms with Gasteiger partial charge < -0.3 is 18.9 Å². The minimum absolute atomic E-state index is 0.676. The lowest BCUT2D eigenvalue weighted by Crippen LogP contribution is -2.10. The van der Waals surface area contributed by atoms with Crippen LogP contribution in [0.3, 0.4) is 0 Å². The van der Waals surface area contributed by atoms with Crippen LogP contribution in [-0.2, 0) is 0 Å². The molecule has 0 amide bonds. The molecule has 5 heteroatoms. The third-order valence-corrected chi connectivity index (χ3v) is 10.8. The van der Waals surface area contributed by atoms with E-state index in [0.717, 1.165) is 78.1 Å². The van der Waals surface area contributed by atoms with Crippen molar-refractivity contribution in [2.45, 2.75) is 0 Å². The molecule has 0 saturated heterocycles. The van der Waals surface area contributed by atoms with Crippen molar-refractivity contribution in [3.05, 3.63) is 218 Å². The molecule has 0 fully saturated rings. The van der Waals surface area contributed by atoms with Gasteiger partial charge in [0, 0.05) is 51.3 Å². The Bertz CT molecular complexity index is 2860. The maximum Gasteiger partial charge on any atom is 0.0893 e. The lowest BCUT2D eigenvalue weighted by molar-refractivity contribution is 1.10. The van der Waals surface area contributed by atoms with Crippen LogP contribution in [0.1, 0.15) is 0 Å². The molecular weight excluding hydrogens is 692 g/mol. The average molecular weight is 727 g/mol. The lowest BCUT2D eigenvalue weighted by atomic mass is 10.1. The molecule has 0 saturated carbocycles. The molecule has 0 spiro atoms. The van der Waals surface area contributed by atoms with Crippen molar-refractivity contribution in [3.63, 3.8) is 0 Å². The molecule has 10 rings (SSSR count). The first-order chi connectivity index (χ1) is 27.2. The van der Waals surface area contributed by atoms with Gasteiger partial charge in [-0.2, -0.15) is 0 Å². The van der Waals surface area contributed by atoms with Crippen molar-refractivity contribution in [2.24, 2.45) is 0 Å². The van der Waals surface area contributed by atoms with Crippen molar-refractivity contribution in [3.8, 4) is 11.4 Å². The Morgan fingerprint density at radius 1 is 0.364 bits per heavy atom. The molecule has 55 heavy (non-hydrogen) atoms. The highest BCUT2D eigenvalue weighted by molar-refractivity contribution is 6.36. The second-order valence-electron chi connectivity index (χ2n) is 13.6. The summed E-state index contributed by atoms with van der Waals surface area (Å²) in [5.41, 5.74) is 10.6. The molecule has 262 valence electrons.